The van der Waals surface area contributed by atoms with Gasteiger partial charge in [-0.3, -0.25) is 19.7 Å². The predicted octanol–water partition coefficient (Wildman–Crippen LogP) is -0.133. The summed E-state index contributed by atoms with van der Waals surface area (Å²) in [4.78, 5) is 35.5. The molecule has 1 aromatic rings. The van der Waals surface area contributed by atoms with Crippen molar-refractivity contribution in [3.8, 4) is 11.5 Å². The van der Waals surface area contributed by atoms with Crippen LogP contribution in [0.4, 0.5) is 0 Å². The van der Waals surface area contributed by atoms with Gasteiger partial charge in [-0.2, -0.15) is 0 Å². The van der Waals surface area contributed by atoms with Gasteiger partial charge in [0.15, 0.2) is 18.1 Å². The number of ether oxygens (including phenoxy) is 2. The van der Waals surface area contributed by atoms with E-state index in [-0.39, 0.29) is 19.7 Å². The fourth-order valence-electron chi connectivity index (χ4n) is 1.94. The molecule has 0 saturated carbocycles. The minimum Gasteiger partial charge on any atom is -0.493 e. The first-order chi connectivity index (χ1) is 9.99. The first-order valence-corrected chi connectivity index (χ1v) is 6.37. The second-order valence-electron chi connectivity index (χ2n) is 4.66. The van der Waals surface area contributed by atoms with Gasteiger partial charge in [-0.05, 0) is 24.6 Å². The number of hydrogen-bond donors (Lipinski definition) is 1. The number of rotatable bonds is 4. The molecule has 2 rings (SSSR count). The van der Waals surface area contributed by atoms with E-state index in [0.29, 0.717) is 11.5 Å². The van der Waals surface area contributed by atoms with Gasteiger partial charge < -0.3 is 14.4 Å². The molecule has 21 heavy (non-hydrogen) atoms. The maximum Gasteiger partial charge on any atom is 0.261 e. The zero-order valence-corrected chi connectivity index (χ0v) is 11.8. The topological polar surface area (TPSA) is 84.9 Å². The van der Waals surface area contributed by atoms with Gasteiger partial charge in [-0.15, -0.1) is 0 Å². The number of carbonyl (C=O) groups is 3. The predicted molar refractivity (Wildman–Crippen MR) is 73.0 cm³/mol. The number of aryl methyl sites for hydroxylation is 1. The van der Waals surface area contributed by atoms with Crippen LogP contribution in [0.5, 0.6) is 11.5 Å². The van der Waals surface area contributed by atoms with Crippen LogP contribution in [0, 0.1) is 6.92 Å². The van der Waals surface area contributed by atoms with Crippen molar-refractivity contribution in [3.63, 3.8) is 0 Å². The van der Waals surface area contributed by atoms with Crippen molar-refractivity contribution >= 4 is 17.7 Å². The van der Waals surface area contributed by atoms with E-state index in [1.807, 2.05) is 13.0 Å². The summed E-state index contributed by atoms with van der Waals surface area (Å²) >= 11 is 0. The van der Waals surface area contributed by atoms with Gasteiger partial charge in [0.05, 0.1) is 7.11 Å². The van der Waals surface area contributed by atoms with Gasteiger partial charge in [-0.25, -0.2) is 0 Å². The minimum atomic E-state index is -0.493. The molecular weight excluding hydrogens is 276 g/mol. The number of nitrogens with one attached hydrogen (secondary N) is 1. The summed E-state index contributed by atoms with van der Waals surface area (Å²) in [6, 6.07) is 5.33. The lowest BCUT2D eigenvalue weighted by Crippen LogP contribution is -2.54. The fourth-order valence-corrected chi connectivity index (χ4v) is 1.94. The summed E-state index contributed by atoms with van der Waals surface area (Å²) in [5.41, 5.74) is 1.00. The molecule has 1 N–H and O–H groups in total. The summed E-state index contributed by atoms with van der Waals surface area (Å²) in [5, 5.41) is 2.13. The number of methoxy groups -OCH3 is 1. The molecule has 1 saturated heterocycles. The van der Waals surface area contributed by atoms with E-state index < -0.39 is 17.7 Å². The van der Waals surface area contributed by atoms with E-state index in [9.17, 15) is 14.4 Å². The summed E-state index contributed by atoms with van der Waals surface area (Å²) < 4.78 is 10.6. The third kappa shape index (κ3) is 3.71. The zero-order chi connectivity index (χ0) is 15.4. The Morgan fingerprint density at radius 1 is 1.24 bits per heavy atom. The Kier molecular flexibility index (Phi) is 4.42. The Hall–Kier alpha value is -2.57. The van der Waals surface area contributed by atoms with E-state index in [1.165, 1.54) is 7.11 Å². The number of carbonyl (C=O) groups excluding carboxylic acids is 3. The van der Waals surface area contributed by atoms with Crippen LogP contribution < -0.4 is 14.8 Å². The SMILES string of the molecule is COc1cc(C)ccc1OCC(=O)N1CC(=O)NC(=O)C1. The van der Waals surface area contributed by atoms with Gasteiger partial charge in [0, 0.05) is 0 Å². The van der Waals surface area contributed by atoms with E-state index >= 15 is 0 Å². The molecule has 1 fully saturated rings. The summed E-state index contributed by atoms with van der Waals surface area (Å²) in [7, 11) is 1.51. The van der Waals surface area contributed by atoms with Gasteiger partial charge >= 0.3 is 0 Å². The standard InChI is InChI=1S/C14H16N2O5/c1-9-3-4-10(11(5-9)20-2)21-8-14(19)16-6-12(17)15-13(18)7-16/h3-5H,6-8H2,1-2H3,(H,15,17,18). The maximum absolute atomic E-state index is 12.0. The third-order valence-corrected chi connectivity index (χ3v) is 2.97. The number of amides is 3. The second kappa shape index (κ2) is 6.25. The van der Waals surface area contributed by atoms with E-state index in [2.05, 4.69) is 5.32 Å². The molecule has 0 radical (unpaired) electrons. The Bertz CT molecular complexity index is 569. The molecule has 3 amide bonds. The first kappa shape index (κ1) is 14.8. The highest BCUT2D eigenvalue weighted by molar-refractivity contribution is 6.02. The van der Waals surface area contributed by atoms with Crippen LogP contribution in [0.3, 0.4) is 0 Å². The molecule has 0 atom stereocenters. The molecule has 0 aliphatic carbocycles. The van der Waals surface area contributed by atoms with E-state index in [0.717, 1.165) is 10.5 Å². The van der Waals surface area contributed by atoms with Crippen LogP contribution in [0.1, 0.15) is 5.56 Å². The van der Waals surface area contributed by atoms with Crippen molar-refractivity contribution in [2.75, 3.05) is 26.8 Å². The highest BCUT2D eigenvalue weighted by atomic mass is 16.5. The van der Waals surface area contributed by atoms with Crippen molar-refractivity contribution in [1.82, 2.24) is 10.2 Å². The average Bonchev–Trinajstić information content (AvgIpc) is 2.44. The molecule has 0 bridgehead atoms. The van der Waals surface area contributed by atoms with E-state index in [4.69, 9.17) is 9.47 Å². The lowest BCUT2D eigenvalue weighted by Gasteiger charge is -2.25. The third-order valence-electron chi connectivity index (χ3n) is 2.97. The fraction of sp³-hybridized carbons (Fsp3) is 0.357. The van der Waals surface area contributed by atoms with Crippen molar-refractivity contribution < 1.29 is 23.9 Å². The van der Waals surface area contributed by atoms with Crippen LogP contribution in [-0.4, -0.2) is 49.4 Å². The lowest BCUT2D eigenvalue weighted by atomic mass is 10.2. The minimum absolute atomic E-state index is 0.140. The number of imide groups is 1. The van der Waals surface area contributed by atoms with Crippen molar-refractivity contribution in [2.45, 2.75) is 6.92 Å². The van der Waals surface area contributed by atoms with Crippen LogP contribution >= 0.6 is 0 Å². The molecule has 1 heterocycles. The van der Waals surface area contributed by atoms with Crippen LogP contribution in [-0.2, 0) is 14.4 Å². The highest BCUT2D eigenvalue weighted by Crippen LogP contribution is 2.27. The first-order valence-electron chi connectivity index (χ1n) is 6.37. The van der Waals surface area contributed by atoms with Gasteiger partial charge in [-0.1, -0.05) is 6.07 Å². The molecule has 1 aliphatic rings. The molecule has 0 aromatic heterocycles. The number of piperazine rings is 1. The van der Waals surface area contributed by atoms with Crippen LogP contribution in [0.15, 0.2) is 18.2 Å². The van der Waals surface area contributed by atoms with Gasteiger partial charge in [0.1, 0.15) is 13.1 Å². The summed E-state index contributed by atoms with van der Waals surface area (Å²) in [6.07, 6.45) is 0. The summed E-state index contributed by atoms with van der Waals surface area (Å²) in [5.74, 6) is -0.458. The maximum atomic E-state index is 12.0. The number of benzene rings is 1. The quantitative estimate of drug-likeness (QED) is 0.781. The van der Waals surface area contributed by atoms with Gasteiger partial charge in [0.2, 0.25) is 11.8 Å². The second-order valence-corrected chi connectivity index (χ2v) is 4.66. The molecule has 7 nitrogen and oxygen atoms in total. The molecule has 0 spiro atoms. The Morgan fingerprint density at radius 3 is 2.52 bits per heavy atom. The van der Waals surface area contributed by atoms with Crippen molar-refractivity contribution in [2.24, 2.45) is 0 Å². The van der Waals surface area contributed by atoms with E-state index in [1.54, 1.807) is 12.1 Å². The molecule has 1 aliphatic heterocycles. The smallest absolute Gasteiger partial charge is 0.261 e. The molecule has 112 valence electrons. The molecule has 0 unspecified atom stereocenters. The Morgan fingerprint density at radius 2 is 1.90 bits per heavy atom. The van der Waals surface area contributed by atoms with Crippen molar-refractivity contribution in [3.05, 3.63) is 23.8 Å². The van der Waals surface area contributed by atoms with Crippen molar-refractivity contribution in [1.29, 1.82) is 0 Å². The van der Waals surface area contributed by atoms with Crippen LogP contribution in [0.25, 0.3) is 0 Å². The number of nitrogens with zero attached hydrogens (tertiary/aromatic N) is 1. The Labute approximate surface area is 121 Å². The molecular formula is C14H16N2O5. The largest absolute Gasteiger partial charge is 0.493 e. The normalized spacial score (nSPS) is 14.7. The lowest BCUT2D eigenvalue weighted by molar-refractivity contribution is -0.146. The average molecular weight is 292 g/mol. The monoisotopic (exact) mass is 292 g/mol. The highest BCUT2D eigenvalue weighted by Gasteiger charge is 2.26. The van der Waals surface area contributed by atoms with Gasteiger partial charge in [0.25, 0.3) is 5.91 Å². The molecule has 7 heteroatoms. The summed E-state index contributed by atoms with van der Waals surface area (Å²) in [6.45, 7) is 1.37. The zero-order valence-electron chi connectivity index (χ0n) is 11.8. The number of hydrogen-bond acceptors (Lipinski definition) is 5. The van der Waals surface area contributed by atoms with Crippen LogP contribution in [0.2, 0.25) is 0 Å². The Balaban J connectivity index is 1.98. The molecule has 1 aromatic carbocycles.